The van der Waals surface area contributed by atoms with Crippen LogP contribution < -0.4 is 0 Å². The molecule has 1 atom stereocenters. The van der Waals surface area contributed by atoms with Crippen LogP contribution in [0.15, 0.2) is 24.3 Å². The first-order valence-corrected chi connectivity index (χ1v) is 5.50. The molecule has 94 valence electrons. The molecule has 0 amide bonds. The van der Waals surface area contributed by atoms with Crippen LogP contribution in [0.5, 0.6) is 5.75 Å². The fourth-order valence-corrected chi connectivity index (χ4v) is 1.61. The fourth-order valence-electron chi connectivity index (χ4n) is 1.61. The van der Waals surface area contributed by atoms with Crippen molar-refractivity contribution in [1.82, 2.24) is 0 Å². The largest absolute Gasteiger partial charge is 0.508 e. The highest BCUT2D eigenvalue weighted by molar-refractivity contribution is 5.77. The number of hydrogen-bond donors (Lipinski definition) is 2. The summed E-state index contributed by atoms with van der Waals surface area (Å²) in [7, 11) is 5.61. The standard InChI is InChI=1S/C13H19NO3/c1-13(12(16)17,14(2,3)4)9-10-5-7-11(15)8-6-10/h5-8H,9H2,1-4H3,(H-,15,16,17)/p+1. The zero-order chi connectivity index (χ0) is 13.3. The molecule has 1 aromatic carbocycles. The van der Waals surface area contributed by atoms with E-state index < -0.39 is 11.5 Å². The number of likely N-dealkylation sites (N-methyl/N-ethyl adjacent to an activating group) is 1. The van der Waals surface area contributed by atoms with Crippen molar-refractivity contribution >= 4 is 5.97 Å². The maximum atomic E-state index is 11.5. The Morgan fingerprint density at radius 1 is 1.24 bits per heavy atom. The van der Waals surface area contributed by atoms with E-state index in [-0.39, 0.29) is 5.75 Å². The van der Waals surface area contributed by atoms with Crippen LogP contribution in [0.25, 0.3) is 0 Å². The van der Waals surface area contributed by atoms with Gasteiger partial charge in [0.2, 0.25) is 0 Å². The second-order valence-corrected chi connectivity index (χ2v) is 5.43. The minimum atomic E-state index is -0.892. The molecule has 0 heterocycles. The van der Waals surface area contributed by atoms with Crippen LogP contribution in [0.4, 0.5) is 0 Å². The van der Waals surface area contributed by atoms with Crippen LogP contribution in [0, 0.1) is 0 Å². The molecule has 0 saturated carbocycles. The summed E-state index contributed by atoms with van der Waals surface area (Å²) >= 11 is 0. The molecule has 0 spiro atoms. The number of nitrogens with zero attached hydrogens (tertiary/aromatic N) is 1. The van der Waals surface area contributed by atoms with Gasteiger partial charge < -0.3 is 14.7 Å². The Bertz CT molecular complexity index is 406. The first-order chi connectivity index (χ1) is 7.67. The Kier molecular flexibility index (Phi) is 3.48. The van der Waals surface area contributed by atoms with Crippen molar-refractivity contribution in [3.63, 3.8) is 0 Å². The SMILES string of the molecule is CC(Cc1ccc(O)cc1)(C(=O)O)[N+](C)(C)C. The summed E-state index contributed by atoms with van der Waals surface area (Å²) in [6.45, 7) is 1.74. The average Bonchev–Trinajstić information content (AvgIpc) is 2.19. The lowest BCUT2D eigenvalue weighted by molar-refractivity contribution is -0.911. The first kappa shape index (κ1) is 13.5. The van der Waals surface area contributed by atoms with Gasteiger partial charge in [-0.3, -0.25) is 0 Å². The summed E-state index contributed by atoms with van der Waals surface area (Å²) in [5.74, 6) is -0.630. The summed E-state index contributed by atoms with van der Waals surface area (Å²) in [6.07, 6.45) is 0.423. The number of carboxylic acid groups (broad SMARTS) is 1. The molecule has 0 fully saturated rings. The lowest BCUT2D eigenvalue weighted by Crippen LogP contribution is -2.61. The van der Waals surface area contributed by atoms with Crippen molar-refractivity contribution in [2.45, 2.75) is 18.9 Å². The minimum Gasteiger partial charge on any atom is -0.508 e. The smallest absolute Gasteiger partial charge is 0.365 e. The van der Waals surface area contributed by atoms with Crippen LogP contribution >= 0.6 is 0 Å². The predicted octanol–water partition coefficient (Wildman–Crippen LogP) is 1.48. The van der Waals surface area contributed by atoms with Crippen LogP contribution in [0.3, 0.4) is 0 Å². The highest BCUT2D eigenvalue weighted by Crippen LogP contribution is 2.25. The number of aromatic hydroxyl groups is 1. The van der Waals surface area contributed by atoms with Crippen LogP contribution in [-0.4, -0.2) is 47.3 Å². The van der Waals surface area contributed by atoms with E-state index >= 15 is 0 Å². The van der Waals surface area contributed by atoms with E-state index in [9.17, 15) is 15.0 Å². The third kappa shape index (κ3) is 2.77. The Morgan fingerprint density at radius 2 is 1.71 bits per heavy atom. The Morgan fingerprint density at radius 3 is 2.06 bits per heavy atom. The van der Waals surface area contributed by atoms with Crippen molar-refractivity contribution in [3.05, 3.63) is 29.8 Å². The van der Waals surface area contributed by atoms with Crippen molar-refractivity contribution in [2.24, 2.45) is 0 Å². The molecule has 0 bridgehead atoms. The van der Waals surface area contributed by atoms with Crippen molar-refractivity contribution in [3.8, 4) is 5.75 Å². The topological polar surface area (TPSA) is 57.5 Å². The molecular weight excluding hydrogens is 218 g/mol. The lowest BCUT2D eigenvalue weighted by Gasteiger charge is -2.40. The van der Waals surface area contributed by atoms with Crippen LogP contribution in [0.1, 0.15) is 12.5 Å². The molecule has 1 unspecified atom stereocenters. The van der Waals surface area contributed by atoms with Crippen molar-refractivity contribution < 1.29 is 19.5 Å². The van der Waals surface area contributed by atoms with Gasteiger partial charge in [-0.15, -0.1) is 0 Å². The van der Waals surface area contributed by atoms with Gasteiger partial charge in [-0.25, -0.2) is 4.79 Å². The fraction of sp³-hybridized carbons (Fsp3) is 0.462. The Balaban J connectivity index is 3.04. The highest BCUT2D eigenvalue weighted by atomic mass is 16.4. The van der Waals surface area contributed by atoms with Gasteiger partial charge in [0.1, 0.15) is 5.75 Å². The molecule has 0 aliphatic heterocycles. The third-order valence-electron chi connectivity index (χ3n) is 3.43. The molecule has 4 nitrogen and oxygen atoms in total. The van der Waals surface area contributed by atoms with Gasteiger partial charge in [-0.1, -0.05) is 12.1 Å². The number of phenols is 1. The number of carbonyl (C=O) groups is 1. The van der Waals surface area contributed by atoms with E-state index in [4.69, 9.17) is 0 Å². The van der Waals surface area contributed by atoms with E-state index in [0.29, 0.717) is 10.9 Å². The molecule has 0 aliphatic rings. The molecule has 2 N–H and O–H groups in total. The summed E-state index contributed by atoms with van der Waals surface area (Å²) in [5.41, 5.74) is 0.0116. The van der Waals surface area contributed by atoms with Gasteiger partial charge in [-0.05, 0) is 17.7 Å². The van der Waals surface area contributed by atoms with E-state index in [1.807, 2.05) is 21.1 Å². The summed E-state index contributed by atoms with van der Waals surface area (Å²) in [4.78, 5) is 11.5. The molecule has 0 radical (unpaired) electrons. The minimum absolute atomic E-state index is 0.191. The van der Waals surface area contributed by atoms with E-state index in [2.05, 4.69) is 0 Å². The van der Waals surface area contributed by atoms with E-state index in [1.54, 1.807) is 31.2 Å². The molecule has 0 saturated heterocycles. The monoisotopic (exact) mass is 238 g/mol. The van der Waals surface area contributed by atoms with Gasteiger partial charge >= 0.3 is 5.97 Å². The number of phenolic OH excluding ortho intramolecular Hbond substituents is 1. The number of carboxylic acids is 1. The molecule has 4 heteroatoms. The van der Waals surface area contributed by atoms with Crippen LogP contribution in [0.2, 0.25) is 0 Å². The molecule has 0 aromatic heterocycles. The molecule has 1 aromatic rings. The molecule has 17 heavy (non-hydrogen) atoms. The number of rotatable bonds is 4. The summed E-state index contributed by atoms with van der Waals surface area (Å²) in [6, 6.07) is 6.67. The lowest BCUT2D eigenvalue weighted by atomic mass is 9.90. The quantitative estimate of drug-likeness (QED) is 0.781. The van der Waals surface area contributed by atoms with Crippen molar-refractivity contribution in [2.75, 3.05) is 21.1 Å². The second kappa shape index (κ2) is 4.37. The van der Waals surface area contributed by atoms with Crippen molar-refractivity contribution in [1.29, 1.82) is 0 Å². The molecule has 0 aliphatic carbocycles. The molecule has 1 rings (SSSR count). The average molecular weight is 238 g/mol. The third-order valence-corrected chi connectivity index (χ3v) is 3.43. The maximum Gasteiger partial charge on any atom is 0.365 e. The number of quaternary nitrogens is 1. The van der Waals surface area contributed by atoms with E-state index in [0.717, 1.165) is 5.56 Å². The van der Waals surface area contributed by atoms with Crippen LogP contribution in [-0.2, 0) is 11.2 Å². The number of benzene rings is 1. The predicted molar refractivity (Wildman–Crippen MR) is 65.9 cm³/mol. The Labute approximate surface area is 102 Å². The normalized spacial score (nSPS) is 15.3. The molecular formula is C13H20NO3+. The summed E-state index contributed by atoms with van der Waals surface area (Å²) in [5, 5.41) is 18.6. The van der Waals surface area contributed by atoms with Gasteiger partial charge in [0.25, 0.3) is 0 Å². The first-order valence-electron chi connectivity index (χ1n) is 5.50. The zero-order valence-corrected chi connectivity index (χ0v) is 10.8. The second-order valence-electron chi connectivity index (χ2n) is 5.43. The highest BCUT2D eigenvalue weighted by Gasteiger charge is 2.45. The van der Waals surface area contributed by atoms with Gasteiger partial charge in [-0.2, -0.15) is 0 Å². The zero-order valence-electron chi connectivity index (χ0n) is 10.8. The number of aliphatic carboxylic acids is 1. The summed E-state index contributed by atoms with van der Waals surface area (Å²) < 4.78 is 0.337. The maximum absolute atomic E-state index is 11.5. The Hall–Kier alpha value is -1.55. The van der Waals surface area contributed by atoms with Gasteiger partial charge in [0, 0.05) is 13.3 Å². The van der Waals surface area contributed by atoms with Gasteiger partial charge in [0.05, 0.1) is 21.1 Å². The van der Waals surface area contributed by atoms with E-state index in [1.165, 1.54) is 0 Å². The number of hydrogen-bond acceptors (Lipinski definition) is 2. The van der Waals surface area contributed by atoms with Gasteiger partial charge in [0.15, 0.2) is 5.54 Å².